The fourth-order valence-electron chi connectivity index (χ4n) is 5.17. The quantitative estimate of drug-likeness (QED) is 0.156. The highest BCUT2D eigenvalue weighted by Crippen LogP contribution is 2.32. The number of halogens is 2. The van der Waals surface area contributed by atoms with Gasteiger partial charge in [0.1, 0.15) is 18.2 Å². The highest BCUT2D eigenvalue weighted by molar-refractivity contribution is 9.10. The van der Waals surface area contributed by atoms with Gasteiger partial charge in [0.15, 0.2) is 5.76 Å². The Morgan fingerprint density at radius 3 is 2.23 bits per heavy atom. The van der Waals surface area contributed by atoms with Crippen LogP contribution in [0.4, 0.5) is 4.39 Å². The first-order valence-corrected chi connectivity index (χ1v) is 15.1. The Labute approximate surface area is 263 Å². The average molecular weight is 652 g/mol. The van der Waals surface area contributed by atoms with Crippen molar-refractivity contribution in [3.8, 4) is 17.3 Å². The summed E-state index contributed by atoms with van der Waals surface area (Å²) in [6, 6.07) is 34.1. The molecule has 220 valence electrons. The van der Waals surface area contributed by atoms with E-state index < -0.39 is 0 Å². The number of benzene rings is 4. The Bertz CT molecular complexity index is 1910. The number of hydrogen-bond acceptors (Lipinski definition) is 4. The molecular weight excluding hydrogens is 621 g/mol. The third kappa shape index (κ3) is 6.71. The van der Waals surface area contributed by atoms with Gasteiger partial charge in [-0.3, -0.25) is 9.36 Å². The van der Waals surface area contributed by atoms with Crippen molar-refractivity contribution in [2.75, 3.05) is 0 Å². The Hall–Kier alpha value is -4.82. The Balaban J connectivity index is 1.45. The maximum atomic E-state index is 14.1. The fraction of sp³-hybridized carbons (Fsp3) is 0.139. The van der Waals surface area contributed by atoms with E-state index in [9.17, 15) is 9.18 Å². The first kappa shape index (κ1) is 29.3. The predicted octanol–water partition coefficient (Wildman–Crippen LogP) is 7.30. The van der Waals surface area contributed by atoms with Crippen LogP contribution in [0.3, 0.4) is 0 Å². The van der Waals surface area contributed by atoms with Gasteiger partial charge >= 0.3 is 5.89 Å². The Morgan fingerprint density at radius 1 is 0.886 bits per heavy atom. The zero-order valence-electron chi connectivity index (χ0n) is 24.0. The first-order chi connectivity index (χ1) is 21.4. The molecule has 0 aliphatic heterocycles. The van der Waals surface area contributed by atoms with Crippen molar-refractivity contribution in [3.05, 3.63) is 170 Å². The lowest BCUT2D eigenvalue weighted by molar-refractivity contribution is -0.369. The van der Waals surface area contributed by atoms with Crippen molar-refractivity contribution in [1.82, 2.24) is 9.55 Å². The Kier molecular flexibility index (Phi) is 8.79. The number of aromatic nitrogens is 3. The van der Waals surface area contributed by atoms with E-state index >= 15 is 0 Å². The lowest BCUT2D eigenvalue weighted by atomic mass is 9.91. The molecule has 44 heavy (non-hydrogen) atoms. The van der Waals surface area contributed by atoms with E-state index in [0.717, 1.165) is 26.7 Å². The third-order valence-corrected chi connectivity index (χ3v) is 8.01. The van der Waals surface area contributed by atoms with Crippen molar-refractivity contribution in [2.24, 2.45) is 7.05 Å². The second kappa shape index (κ2) is 13.2. The Morgan fingerprint density at radius 2 is 1.55 bits per heavy atom. The van der Waals surface area contributed by atoms with E-state index in [0.29, 0.717) is 36.0 Å². The summed E-state index contributed by atoms with van der Waals surface area (Å²) in [6.07, 6.45) is 2.79. The monoisotopic (exact) mass is 650 g/mol. The molecule has 1 unspecified atom stereocenters. The van der Waals surface area contributed by atoms with Gasteiger partial charge in [-0.1, -0.05) is 101 Å². The highest BCUT2D eigenvalue weighted by atomic mass is 79.9. The number of rotatable bonds is 10. The fourth-order valence-corrected chi connectivity index (χ4v) is 5.43. The van der Waals surface area contributed by atoms with Crippen LogP contribution in [-0.4, -0.2) is 9.55 Å². The van der Waals surface area contributed by atoms with Crippen LogP contribution < -0.4 is 15.3 Å². The zero-order chi connectivity index (χ0) is 30.5. The number of aromatic amines is 1. The van der Waals surface area contributed by atoms with Crippen LogP contribution >= 0.6 is 15.9 Å². The average Bonchev–Trinajstić information content (AvgIpc) is 3.51. The smallest absolute Gasteiger partial charge is 0.402 e. The topological polar surface area (TPSA) is 71.4 Å². The summed E-state index contributed by atoms with van der Waals surface area (Å²) in [7, 11) is 1.73. The van der Waals surface area contributed by atoms with Crippen LogP contribution in [0.15, 0.2) is 129 Å². The second-order valence-corrected chi connectivity index (χ2v) is 11.5. The van der Waals surface area contributed by atoms with Gasteiger partial charge in [-0.25, -0.2) is 9.37 Å². The minimum absolute atomic E-state index is 0.0910. The van der Waals surface area contributed by atoms with Gasteiger partial charge in [0.05, 0.1) is 0 Å². The molecule has 6 aromatic rings. The number of hydrogen-bond donors (Lipinski definition) is 0. The van der Waals surface area contributed by atoms with Crippen LogP contribution in [-0.2, 0) is 26.5 Å². The second-order valence-electron chi connectivity index (χ2n) is 10.6. The number of ether oxygens (including phenoxy) is 1. The van der Waals surface area contributed by atoms with E-state index in [-0.39, 0.29) is 29.7 Å². The summed E-state index contributed by atoms with van der Waals surface area (Å²) in [6.45, 7) is 0.188. The molecule has 2 aromatic heterocycles. The molecule has 1 atom stereocenters. The third-order valence-electron chi connectivity index (χ3n) is 7.48. The van der Waals surface area contributed by atoms with E-state index in [1.54, 1.807) is 29.9 Å². The van der Waals surface area contributed by atoms with Gasteiger partial charge in [-0.05, 0) is 52.9 Å². The van der Waals surface area contributed by atoms with Crippen LogP contribution in [0.1, 0.15) is 39.8 Å². The van der Waals surface area contributed by atoms with Crippen molar-refractivity contribution in [2.45, 2.75) is 25.4 Å². The van der Waals surface area contributed by atoms with Gasteiger partial charge in [-0.15, -0.1) is 0 Å². The molecule has 0 aliphatic carbocycles. The van der Waals surface area contributed by atoms with E-state index in [1.165, 1.54) is 12.1 Å². The van der Waals surface area contributed by atoms with Crippen molar-refractivity contribution >= 4 is 15.9 Å². The van der Waals surface area contributed by atoms with Gasteiger partial charge in [0, 0.05) is 23.9 Å². The zero-order valence-corrected chi connectivity index (χ0v) is 25.6. The molecule has 6 nitrogen and oxygen atoms in total. The number of nitrogens with one attached hydrogen (secondary N) is 1. The minimum atomic E-state index is -0.319. The first-order valence-electron chi connectivity index (χ1n) is 14.3. The van der Waals surface area contributed by atoms with Gasteiger partial charge in [0.25, 0.3) is 5.56 Å². The standard InChI is InChI=1S/C36H29BrFN3O3/c1-41-34(31(21-24-8-4-2-5-9-24)27-14-16-28(37)17-15-27)40-32(33(36(41)42)43-23-26-10-6-3-7-11-26)35-39-22-30(44-35)20-25-12-18-29(38)19-13-25/h2-19,22,31H,20-21,23H2,1H3/p+1. The lowest BCUT2D eigenvalue weighted by Gasteiger charge is -2.21. The summed E-state index contributed by atoms with van der Waals surface area (Å²) >= 11 is 3.54. The molecule has 0 radical (unpaired) electrons. The maximum absolute atomic E-state index is 14.1. The number of nitrogens with zero attached hydrogens (tertiary/aromatic N) is 2. The predicted molar refractivity (Wildman–Crippen MR) is 170 cm³/mol. The molecule has 8 heteroatoms. The molecule has 0 aliphatic rings. The normalized spacial score (nSPS) is 11.8. The van der Waals surface area contributed by atoms with Gasteiger partial charge in [-0.2, -0.15) is 4.98 Å². The maximum Gasteiger partial charge on any atom is 0.402 e. The SMILES string of the molecule is Cn1c(C(Cc2ccccc2)c2ccc(Br)cc2)nc(-c2[nH+]cc(Cc3ccc(F)cc3)o2)c(OCc2ccccc2)c1=O. The molecule has 0 bridgehead atoms. The molecule has 0 fully saturated rings. The molecule has 0 spiro atoms. The largest absolute Gasteiger partial charge is 0.481 e. The molecular formula is C36H30BrFN3O3+. The molecule has 0 saturated carbocycles. The molecule has 0 amide bonds. The molecule has 0 saturated heterocycles. The van der Waals surface area contributed by atoms with Crippen LogP contribution in [0.5, 0.6) is 5.75 Å². The molecule has 4 aromatic carbocycles. The molecule has 2 heterocycles. The minimum Gasteiger partial charge on any atom is -0.481 e. The van der Waals surface area contributed by atoms with E-state index in [1.807, 2.05) is 72.8 Å². The molecule has 1 N–H and O–H groups in total. The lowest BCUT2D eigenvalue weighted by Crippen LogP contribution is -2.28. The summed E-state index contributed by atoms with van der Waals surface area (Å²) in [5.74, 6) is 1.05. The number of H-pyrrole nitrogens is 1. The van der Waals surface area contributed by atoms with Crippen LogP contribution in [0.2, 0.25) is 0 Å². The van der Waals surface area contributed by atoms with Gasteiger partial charge < -0.3 is 9.15 Å². The van der Waals surface area contributed by atoms with E-state index in [4.69, 9.17) is 14.1 Å². The van der Waals surface area contributed by atoms with Gasteiger partial charge in [0.2, 0.25) is 17.6 Å². The summed E-state index contributed by atoms with van der Waals surface area (Å²) in [5.41, 5.74) is 3.91. The summed E-state index contributed by atoms with van der Waals surface area (Å²) in [5, 5.41) is 0. The summed E-state index contributed by atoms with van der Waals surface area (Å²) < 4.78 is 28.4. The van der Waals surface area contributed by atoms with E-state index in [2.05, 4.69) is 33.0 Å². The van der Waals surface area contributed by atoms with Crippen molar-refractivity contribution in [1.29, 1.82) is 0 Å². The summed E-state index contributed by atoms with van der Waals surface area (Å²) in [4.78, 5) is 22.3. The number of oxazole rings is 1. The van der Waals surface area contributed by atoms with Crippen LogP contribution in [0, 0.1) is 5.82 Å². The highest BCUT2D eigenvalue weighted by Gasteiger charge is 2.29. The van der Waals surface area contributed by atoms with Crippen molar-refractivity contribution in [3.63, 3.8) is 0 Å². The van der Waals surface area contributed by atoms with Crippen LogP contribution in [0.25, 0.3) is 11.6 Å². The van der Waals surface area contributed by atoms with Crippen molar-refractivity contribution < 1.29 is 18.5 Å². The molecule has 6 rings (SSSR count).